The van der Waals surface area contributed by atoms with E-state index < -0.39 is 11.9 Å². The van der Waals surface area contributed by atoms with Crippen LogP contribution in [0.15, 0.2) is 12.1 Å². The van der Waals surface area contributed by atoms with Gasteiger partial charge in [0.15, 0.2) is 0 Å². The third kappa shape index (κ3) is 5.80. The first kappa shape index (κ1) is 18.2. The molecule has 0 aliphatic heterocycles. The van der Waals surface area contributed by atoms with E-state index in [0.717, 1.165) is 0 Å². The van der Waals surface area contributed by atoms with Crippen LogP contribution >= 0.6 is 11.3 Å². The molecule has 8 N–H and O–H groups in total. The average molecular weight is 315 g/mol. The summed E-state index contributed by atoms with van der Waals surface area (Å²) >= 11 is 0.687. The molecule has 0 aliphatic carbocycles. The number of aryl methyl sites for hydroxylation is 1. The zero-order valence-electron chi connectivity index (χ0n) is 10.8. The Balaban J connectivity index is 0.000000370. The van der Waals surface area contributed by atoms with Crippen LogP contribution in [0.3, 0.4) is 0 Å². The van der Waals surface area contributed by atoms with Crippen LogP contribution in [0, 0.1) is 6.92 Å². The van der Waals surface area contributed by atoms with Crippen molar-refractivity contribution in [3.05, 3.63) is 27.7 Å². The van der Waals surface area contributed by atoms with Crippen LogP contribution in [0.5, 0.6) is 0 Å². The number of aromatic amines is 1. The van der Waals surface area contributed by atoms with Crippen LogP contribution in [-0.2, 0) is 0 Å². The first-order valence-electron chi connectivity index (χ1n) is 5.13. The van der Waals surface area contributed by atoms with Crippen molar-refractivity contribution in [2.24, 2.45) is 0 Å². The Morgan fingerprint density at radius 2 is 1.71 bits per heavy atom. The number of nitrogen functional groups attached to an aromatic ring is 2. The van der Waals surface area contributed by atoms with Crippen molar-refractivity contribution in [3.63, 3.8) is 0 Å². The highest BCUT2D eigenvalue weighted by atomic mass is 32.1. The maximum absolute atomic E-state index is 10.2. The van der Waals surface area contributed by atoms with Crippen LogP contribution < -0.4 is 21.6 Å². The van der Waals surface area contributed by atoms with Crippen LogP contribution in [-0.4, -0.2) is 32.5 Å². The molecule has 0 aromatic carbocycles. The fourth-order valence-electron chi connectivity index (χ4n) is 1.12. The lowest BCUT2D eigenvalue weighted by Crippen LogP contribution is -2.20. The van der Waals surface area contributed by atoms with Crippen molar-refractivity contribution in [1.82, 2.24) is 9.97 Å². The number of hydrogen-bond donors (Lipinski definition) is 3. The van der Waals surface area contributed by atoms with E-state index in [1.54, 1.807) is 6.92 Å². The van der Waals surface area contributed by atoms with Crippen LogP contribution in [0.4, 0.5) is 11.9 Å². The number of hydrogen-bond acceptors (Lipinski definition) is 8. The summed E-state index contributed by atoms with van der Waals surface area (Å²) in [4.78, 5) is 30.4. The SMILES string of the molecule is Cc1nc(N)[nH+]c(N)n1.O.O=C([O-])c1ccc(C(=O)O)s1. The van der Waals surface area contributed by atoms with Crippen molar-refractivity contribution in [2.75, 3.05) is 11.5 Å². The number of carboxylic acids is 2. The molecule has 2 heterocycles. The number of anilines is 2. The number of carboxylic acid groups (broad SMARTS) is 2. The molecule has 2 aromatic heterocycles. The van der Waals surface area contributed by atoms with Gasteiger partial charge in [0.05, 0.1) is 10.8 Å². The maximum atomic E-state index is 10.2. The molecular formula is C10H13N5O5S. The monoisotopic (exact) mass is 315 g/mol. The minimum atomic E-state index is -1.34. The standard InChI is InChI=1S/C6H4O4S.C4H7N5.H2O/c7-5(8)3-1-2-4(11-3)6(9)10;1-2-7-3(5)9-4(6)8-2;/h1-2H,(H,7,8)(H,9,10);1H3,(H4,5,6,7,8,9);1H2. The van der Waals surface area contributed by atoms with Gasteiger partial charge >= 0.3 is 17.9 Å². The second-order valence-corrected chi connectivity index (χ2v) is 4.51. The van der Waals surface area contributed by atoms with Gasteiger partial charge in [-0.05, 0) is 12.1 Å². The van der Waals surface area contributed by atoms with Gasteiger partial charge in [-0.3, -0.25) is 0 Å². The predicted molar refractivity (Wildman–Crippen MR) is 71.4 cm³/mol. The maximum Gasteiger partial charge on any atom is 0.345 e. The number of rotatable bonds is 2. The van der Waals surface area contributed by atoms with Crippen molar-refractivity contribution < 1.29 is 30.3 Å². The van der Waals surface area contributed by atoms with Gasteiger partial charge in [-0.1, -0.05) is 0 Å². The molecule has 0 atom stereocenters. The zero-order chi connectivity index (χ0) is 15.3. The van der Waals surface area contributed by atoms with Gasteiger partial charge in [-0.25, -0.2) is 9.78 Å². The predicted octanol–water partition coefficient (Wildman–Crippen LogP) is -2.25. The number of aromatic carboxylic acids is 2. The van der Waals surface area contributed by atoms with Crippen LogP contribution in [0.2, 0.25) is 0 Å². The van der Waals surface area contributed by atoms with E-state index in [1.807, 2.05) is 0 Å². The average Bonchev–Trinajstić information content (AvgIpc) is 2.76. The number of nitrogens with two attached hydrogens (primary N) is 2. The minimum absolute atomic E-state index is 0. The van der Waals surface area contributed by atoms with Gasteiger partial charge in [0.2, 0.25) is 5.82 Å². The summed E-state index contributed by atoms with van der Waals surface area (Å²) in [5.74, 6) is -1.31. The van der Waals surface area contributed by atoms with Crippen molar-refractivity contribution >= 4 is 35.2 Å². The van der Waals surface area contributed by atoms with E-state index >= 15 is 0 Å². The van der Waals surface area contributed by atoms with E-state index in [-0.39, 0.29) is 15.2 Å². The summed E-state index contributed by atoms with van der Waals surface area (Å²) in [6.45, 7) is 1.72. The van der Waals surface area contributed by atoms with Gasteiger partial charge < -0.3 is 32.0 Å². The third-order valence-corrected chi connectivity index (χ3v) is 2.89. The molecule has 21 heavy (non-hydrogen) atoms. The van der Waals surface area contributed by atoms with E-state index in [1.165, 1.54) is 12.1 Å². The molecule has 0 unspecified atom stereocenters. The van der Waals surface area contributed by atoms with Crippen molar-refractivity contribution in [3.8, 4) is 0 Å². The fraction of sp³-hybridized carbons (Fsp3) is 0.100. The molecule has 0 saturated heterocycles. The van der Waals surface area contributed by atoms with Crippen molar-refractivity contribution in [1.29, 1.82) is 0 Å². The largest absolute Gasteiger partial charge is 0.544 e. The van der Waals surface area contributed by atoms with E-state index in [2.05, 4.69) is 15.0 Å². The Morgan fingerprint density at radius 1 is 1.24 bits per heavy atom. The Hall–Kier alpha value is -2.79. The summed E-state index contributed by atoms with van der Waals surface area (Å²) < 4.78 is 0. The lowest BCUT2D eigenvalue weighted by molar-refractivity contribution is -0.351. The van der Waals surface area contributed by atoms with Gasteiger partial charge in [0, 0.05) is 6.92 Å². The summed E-state index contributed by atoms with van der Waals surface area (Å²) in [5.41, 5.74) is 10.5. The minimum Gasteiger partial charge on any atom is -0.544 e. The first-order chi connectivity index (χ1) is 9.29. The number of carbonyl (C=O) groups is 2. The highest BCUT2D eigenvalue weighted by molar-refractivity contribution is 7.15. The summed E-state index contributed by atoms with van der Waals surface area (Å²) in [6, 6.07) is 2.45. The summed E-state index contributed by atoms with van der Waals surface area (Å²) in [6.07, 6.45) is 0. The molecule has 11 heteroatoms. The highest BCUT2D eigenvalue weighted by Gasteiger charge is 2.06. The van der Waals surface area contributed by atoms with Gasteiger partial charge in [-0.2, -0.15) is 0 Å². The number of nitrogens with zero attached hydrogens (tertiary/aromatic N) is 2. The lowest BCUT2D eigenvalue weighted by Gasteiger charge is -1.92. The van der Waals surface area contributed by atoms with Gasteiger partial charge in [0.1, 0.15) is 4.88 Å². The number of H-pyrrole nitrogens is 1. The van der Waals surface area contributed by atoms with Crippen molar-refractivity contribution in [2.45, 2.75) is 6.92 Å². The Labute approximate surface area is 122 Å². The number of thiophene rings is 1. The number of aromatic nitrogens is 3. The van der Waals surface area contributed by atoms with Gasteiger partial charge in [-0.15, -0.1) is 21.3 Å². The molecule has 0 amide bonds. The molecule has 0 saturated carbocycles. The van der Waals surface area contributed by atoms with E-state index in [4.69, 9.17) is 16.6 Å². The molecule has 0 radical (unpaired) electrons. The molecule has 0 aliphatic rings. The van der Waals surface area contributed by atoms with Crippen LogP contribution in [0.25, 0.3) is 0 Å². The molecule has 10 nitrogen and oxygen atoms in total. The Kier molecular flexibility index (Phi) is 6.69. The summed E-state index contributed by atoms with van der Waals surface area (Å²) in [5, 5.41) is 18.5. The van der Waals surface area contributed by atoms with Gasteiger partial charge in [0.25, 0.3) is 0 Å². The second-order valence-electron chi connectivity index (χ2n) is 3.42. The van der Waals surface area contributed by atoms with E-state index in [9.17, 15) is 14.7 Å². The molecular weight excluding hydrogens is 302 g/mol. The Morgan fingerprint density at radius 3 is 2.00 bits per heavy atom. The number of nitrogens with one attached hydrogen (secondary N) is 1. The molecule has 2 aromatic rings. The quantitative estimate of drug-likeness (QED) is 0.551. The third-order valence-electron chi connectivity index (χ3n) is 1.84. The first-order valence-corrected chi connectivity index (χ1v) is 5.94. The molecule has 0 bridgehead atoms. The second kappa shape index (κ2) is 7.72. The molecule has 2 rings (SSSR count). The highest BCUT2D eigenvalue weighted by Crippen LogP contribution is 2.14. The normalized spacial score (nSPS) is 9.00. The lowest BCUT2D eigenvalue weighted by atomic mass is 10.4. The molecule has 114 valence electrons. The van der Waals surface area contributed by atoms with E-state index in [0.29, 0.717) is 29.1 Å². The number of carbonyl (C=O) groups excluding carboxylic acids is 1. The van der Waals surface area contributed by atoms with Crippen LogP contribution in [0.1, 0.15) is 25.2 Å². The topological polar surface area (TPSA) is 201 Å². The smallest absolute Gasteiger partial charge is 0.345 e. The Bertz CT molecular complexity index is 566. The summed E-state index contributed by atoms with van der Waals surface area (Å²) in [7, 11) is 0. The molecule has 0 spiro atoms. The molecule has 0 fully saturated rings. The fourth-order valence-corrected chi connectivity index (χ4v) is 1.80. The zero-order valence-corrected chi connectivity index (χ0v) is 11.6.